The molecule has 5 nitrogen and oxygen atoms in total. The number of carbonyl (C=O) groups excluding carboxylic acids is 1. The van der Waals surface area contributed by atoms with Crippen LogP contribution in [0.5, 0.6) is 0 Å². The highest BCUT2D eigenvalue weighted by molar-refractivity contribution is 5.98. The van der Waals surface area contributed by atoms with E-state index in [1.54, 1.807) is 0 Å². The lowest BCUT2D eigenvalue weighted by Gasteiger charge is -2.02. The average Bonchev–Trinajstić information content (AvgIpc) is 2.26. The predicted molar refractivity (Wildman–Crippen MR) is 47.5 cm³/mol. The van der Waals surface area contributed by atoms with Gasteiger partial charge in [-0.3, -0.25) is 14.9 Å². The van der Waals surface area contributed by atoms with Crippen molar-refractivity contribution < 1.29 is 22.9 Å². The van der Waals surface area contributed by atoms with Crippen LogP contribution in [0.1, 0.15) is 16.8 Å². The Hall–Kier alpha value is -2.43. The Bertz CT molecular complexity index is 551. The molecule has 0 heterocycles. The number of nitrogens with zero attached hydrogens (tertiary/aromatic N) is 2. The van der Waals surface area contributed by atoms with Crippen LogP contribution in [0.2, 0.25) is 0 Å². The SMILES string of the molecule is N#CCC(=O)c1cc([N+](=O)[O-])c(F)c(F)c1F. The summed E-state index contributed by atoms with van der Waals surface area (Å²) in [6.45, 7) is 0. The van der Waals surface area contributed by atoms with E-state index in [2.05, 4.69) is 0 Å². The fourth-order valence-corrected chi connectivity index (χ4v) is 1.09. The smallest absolute Gasteiger partial charge is 0.293 e. The van der Waals surface area contributed by atoms with Crippen LogP contribution in [0.3, 0.4) is 0 Å². The summed E-state index contributed by atoms with van der Waals surface area (Å²) in [5, 5.41) is 18.5. The third-order valence-electron chi connectivity index (χ3n) is 1.86. The molecule has 0 aromatic heterocycles. The van der Waals surface area contributed by atoms with E-state index in [4.69, 9.17) is 5.26 Å². The number of ketones is 1. The number of nitro benzene ring substituents is 1. The molecule has 0 amide bonds. The lowest BCUT2D eigenvalue weighted by Crippen LogP contribution is -2.08. The summed E-state index contributed by atoms with van der Waals surface area (Å²) in [5.41, 5.74) is -2.37. The van der Waals surface area contributed by atoms with Crippen LogP contribution in [-0.2, 0) is 0 Å². The highest BCUT2D eigenvalue weighted by Crippen LogP contribution is 2.25. The molecule has 0 unspecified atom stereocenters. The van der Waals surface area contributed by atoms with Gasteiger partial charge in [-0.15, -0.1) is 0 Å². The van der Waals surface area contributed by atoms with Gasteiger partial charge in [-0.05, 0) is 0 Å². The van der Waals surface area contributed by atoms with Crippen molar-refractivity contribution in [3.05, 3.63) is 39.2 Å². The summed E-state index contributed by atoms with van der Waals surface area (Å²) >= 11 is 0. The van der Waals surface area contributed by atoms with Crippen molar-refractivity contribution in [3.63, 3.8) is 0 Å². The van der Waals surface area contributed by atoms with Crippen molar-refractivity contribution in [2.24, 2.45) is 0 Å². The standard InChI is InChI=1S/C9H3F3N2O3/c10-7-4(6(15)1-2-13)3-5(14(16)17)8(11)9(7)12/h3H,1H2. The number of hydrogen-bond acceptors (Lipinski definition) is 4. The van der Waals surface area contributed by atoms with Crippen LogP contribution in [0.4, 0.5) is 18.9 Å². The molecule has 0 fully saturated rings. The third kappa shape index (κ3) is 2.23. The Morgan fingerprint density at radius 1 is 1.35 bits per heavy atom. The van der Waals surface area contributed by atoms with Crippen LogP contribution in [0.25, 0.3) is 0 Å². The molecule has 0 radical (unpaired) electrons. The van der Waals surface area contributed by atoms with Gasteiger partial charge in [0.25, 0.3) is 0 Å². The molecular formula is C9H3F3N2O3. The summed E-state index contributed by atoms with van der Waals surface area (Å²) in [7, 11) is 0. The topological polar surface area (TPSA) is 84.0 Å². The van der Waals surface area contributed by atoms with Gasteiger partial charge in [0.15, 0.2) is 11.6 Å². The highest BCUT2D eigenvalue weighted by atomic mass is 19.2. The fourth-order valence-electron chi connectivity index (χ4n) is 1.09. The van der Waals surface area contributed by atoms with Gasteiger partial charge in [0.05, 0.1) is 23.0 Å². The molecule has 0 aliphatic heterocycles. The van der Waals surface area contributed by atoms with Crippen molar-refractivity contribution in [2.75, 3.05) is 0 Å². The minimum Gasteiger partial charge on any atom is -0.293 e. The zero-order valence-corrected chi connectivity index (χ0v) is 8.04. The van der Waals surface area contributed by atoms with Gasteiger partial charge in [0.1, 0.15) is 0 Å². The lowest BCUT2D eigenvalue weighted by molar-refractivity contribution is -0.387. The quantitative estimate of drug-likeness (QED) is 0.352. The monoisotopic (exact) mass is 244 g/mol. The van der Waals surface area contributed by atoms with Crippen molar-refractivity contribution in [3.8, 4) is 6.07 Å². The Labute approximate surface area is 92.2 Å². The summed E-state index contributed by atoms with van der Waals surface area (Å²) in [4.78, 5) is 20.2. The molecule has 0 aliphatic carbocycles. The number of rotatable bonds is 3. The van der Waals surface area contributed by atoms with Crippen molar-refractivity contribution in [1.82, 2.24) is 0 Å². The van der Waals surface area contributed by atoms with E-state index < -0.39 is 45.8 Å². The molecule has 0 aliphatic rings. The van der Waals surface area contributed by atoms with Gasteiger partial charge < -0.3 is 0 Å². The molecule has 0 saturated carbocycles. The van der Waals surface area contributed by atoms with Crippen molar-refractivity contribution in [2.45, 2.75) is 6.42 Å². The number of carbonyl (C=O) groups is 1. The van der Waals surface area contributed by atoms with Crippen LogP contribution in [-0.4, -0.2) is 10.7 Å². The number of Topliss-reactive ketones (excluding diaryl/α,β-unsaturated/α-hetero) is 1. The highest BCUT2D eigenvalue weighted by Gasteiger charge is 2.28. The fraction of sp³-hybridized carbons (Fsp3) is 0.111. The van der Waals surface area contributed by atoms with E-state index in [-0.39, 0.29) is 6.07 Å². The molecule has 1 aromatic carbocycles. The van der Waals surface area contributed by atoms with Gasteiger partial charge >= 0.3 is 5.69 Å². The summed E-state index contributed by atoms with van der Waals surface area (Å²) in [6.07, 6.45) is -0.793. The number of hydrogen-bond donors (Lipinski definition) is 0. The normalized spacial score (nSPS) is 9.76. The van der Waals surface area contributed by atoms with E-state index in [0.29, 0.717) is 0 Å². The van der Waals surface area contributed by atoms with Gasteiger partial charge in [0.2, 0.25) is 11.6 Å². The molecule has 0 saturated heterocycles. The molecule has 88 valence electrons. The van der Waals surface area contributed by atoms with Gasteiger partial charge in [-0.25, -0.2) is 8.78 Å². The second-order valence-corrected chi connectivity index (χ2v) is 2.90. The minimum absolute atomic E-state index is 0.271. The van der Waals surface area contributed by atoms with Gasteiger partial charge in [-0.2, -0.15) is 9.65 Å². The van der Waals surface area contributed by atoms with Crippen molar-refractivity contribution >= 4 is 11.5 Å². The van der Waals surface area contributed by atoms with Crippen LogP contribution in [0, 0.1) is 38.9 Å². The molecule has 1 aromatic rings. The molecule has 1 rings (SSSR count). The first-order valence-electron chi connectivity index (χ1n) is 4.12. The van der Waals surface area contributed by atoms with Gasteiger partial charge in [-0.1, -0.05) is 0 Å². The van der Waals surface area contributed by atoms with Crippen molar-refractivity contribution in [1.29, 1.82) is 5.26 Å². The molecule has 8 heteroatoms. The Kier molecular flexibility index (Phi) is 3.43. The van der Waals surface area contributed by atoms with E-state index in [9.17, 15) is 28.1 Å². The largest absolute Gasteiger partial charge is 0.308 e. The minimum atomic E-state index is -2.11. The molecule has 0 N–H and O–H groups in total. The molecule has 0 bridgehead atoms. The Morgan fingerprint density at radius 3 is 2.41 bits per heavy atom. The number of nitro groups is 1. The molecular weight excluding hydrogens is 241 g/mol. The summed E-state index contributed by atoms with van der Waals surface area (Å²) in [5.74, 6) is -7.10. The zero-order chi connectivity index (χ0) is 13.2. The first-order chi connectivity index (χ1) is 7.90. The Balaban J connectivity index is 3.48. The molecule has 17 heavy (non-hydrogen) atoms. The molecule has 0 spiro atoms. The maximum absolute atomic E-state index is 13.1. The summed E-state index contributed by atoms with van der Waals surface area (Å²) < 4.78 is 38.9. The second kappa shape index (κ2) is 4.61. The van der Waals surface area contributed by atoms with E-state index in [1.807, 2.05) is 0 Å². The maximum Gasteiger partial charge on any atom is 0.308 e. The lowest BCUT2D eigenvalue weighted by atomic mass is 10.1. The predicted octanol–water partition coefficient (Wildman–Crippen LogP) is 2.11. The van der Waals surface area contributed by atoms with Gasteiger partial charge in [0, 0.05) is 6.07 Å². The third-order valence-corrected chi connectivity index (χ3v) is 1.86. The number of nitriles is 1. The molecule has 0 atom stereocenters. The summed E-state index contributed by atoms with van der Waals surface area (Å²) in [6, 6.07) is 1.64. The first kappa shape index (κ1) is 12.6. The number of halogens is 3. The zero-order valence-electron chi connectivity index (χ0n) is 8.04. The van der Waals surface area contributed by atoms with E-state index in [0.717, 1.165) is 0 Å². The first-order valence-corrected chi connectivity index (χ1v) is 4.12. The second-order valence-electron chi connectivity index (χ2n) is 2.90. The number of benzene rings is 1. The van der Waals surface area contributed by atoms with Crippen LogP contribution >= 0.6 is 0 Å². The van der Waals surface area contributed by atoms with E-state index in [1.165, 1.54) is 6.07 Å². The Morgan fingerprint density at radius 2 is 1.94 bits per heavy atom. The van der Waals surface area contributed by atoms with E-state index >= 15 is 0 Å². The maximum atomic E-state index is 13.1. The average molecular weight is 244 g/mol. The van der Waals surface area contributed by atoms with Crippen LogP contribution < -0.4 is 0 Å². The van der Waals surface area contributed by atoms with Crippen LogP contribution in [0.15, 0.2) is 6.07 Å².